The molecule has 1 amide bonds. The highest BCUT2D eigenvalue weighted by atomic mass is 16.3. The Morgan fingerprint density at radius 2 is 2.10 bits per heavy atom. The lowest BCUT2D eigenvalue weighted by Gasteiger charge is -2.21. The zero-order valence-corrected chi connectivity index (χ0v) is 11.6. The molecule has 1 heterocycles. The minimum Gasteiger partial charge on any atom is -0.394 e. The topological polar surface area (TPSA) is 71.2 Å². The van der Waals surface area contributed by atoms with Crippen LogP contribution in [0, 0.1) is 0 Å². The summed E-state index contributed by atoms with van der Waals surface area (Å²) in [5.74, 6) is -0.245. The number of nitrogens with zero attached hydrogens (tertiary/aromatic N) is 4. The molecule has 0 aliphatic carbocycles. The van der Waals surface area contributed by atoms with Gasteiger partial charge in [0.2, 0.25) is 0 Å². The van der Waals surface area contributed by atoms with E-state index in [0.717, 1.165) is 5.56 Å². The average Bonchev–Trinajstić information content (AvgIpc) is 2.94. The predicted molar refractivity (Wildman–Crippen MR) is 74.2 cm³/mol. The van der Waals surface area contributed by atoms with Crippen molar-refractivity contribution in [2.45, 2.75) is 19.5 Å². The quantitative estimate of drug-likeness (QED) is 0.874. The molecule has 1 unspecified atom stereocenters. The summed E-state index contributed by atoms with van der Waals surface area (Å²) in [4.78, 5) is 13.6. The molecule has 0 radical (unpaired) electrons. The van der Waals surface area contributed by atoms with Crippen LogP contribution in [-0.4, -0.2) is 50.6 Å². The highest BCUT2D eigenvalue weighted by Gasteiger charge is 2.19. The smallest absolute Gasteiger partial charge is 0.276 e. The molecule has 0 fully saturated rings. The number of amides is 1. The largest absolute Gasteiger partial charge is 0.394 e. The Morgan fingerprint density at radius 1 is 1.40 bits per heavy atom. The van der Waals surface area contributed by atoms with Crippen molar-refractivity contribution in [1.82, 2.24) is 19.9 Å². The van der Waals surface area contributed by atoms with Crippen LogP contribution in [0.1, 0.15) is 23.0 Å². The zero-order chi connectivity index (χ0) is 14.5. The Morgan fingerprint density at radius 3 is 2.75 bits per heavy atom. The number of rotatable bonds is 5. The summed E-state index contributed by atoms with van der Waals surface area (Å²) in [5, 5.41) is 16.9. The van der Waals surface area contributed by atoms with E-state index in [9.17, 15) is 4.79 Å². The molecule has 0 aliphatic heterocycles. The molecule has 1 N–H and O–H groups in total. The van der Waals surface area contributed by atoms with Gasteiger partial charge in [-0.2, -0.15) is 0 Å². The fourth-order valence-electron chi connectivity index (χ4n) is 1.75. The van der Waals surface area contributed by atoms with E-state index in [1.54, 1.807) is 24.9 Å². The predicted octanol–water partition coefficient (Wildman–Crippen LogP) is 0.779. The van der Waals surface area contributed by atoms with Crippen molar-refractivity contribution in [3.8, 4) is 0 Å². The molecule has 0 bridgehead atoms. The molecule has 20 heavy (non-hydrogen) atoms. The van der Waals surface area contributed by atoms with Gasteiger partial charge in [-0.25, -0.2) is 4.68 Å². The maximum Gasteiger partial charge on any atom is 0.276 e. The molecular formula is C14H18N4O2. The Bertz CT molecular complexity index is 568. The molecule has 6 nitrogen and oxygen atoms in total. The van der Waals surface area contributed by atoms with Crippen LogP contribution in [-0.2, 0) is 6.54 Å². The summed E-state index contributed by atoms with van der Waals surface area (Å²) >= 11 is 0. The highest BCUT2D eigenvalue weighted by Crippen LogP contribution is 2.05. The molecule has 1 aromatic heterocycles. The number of aliphatic hydroxyl groups is 1. The summed E-state index contributed by atoms with van der Waals surface area (Å²) in [6.45, 7) is 2.26. The minimum atomic E-state index is -0.248. The van der Waals surface area contributed by atoms with Gasteiger partial charge >= 0.3 is 0 Å². The first-order chi connectivity index (χ1) is 9.61. The lowest BCUT2D eigenvalue weighted by Crippen LogP contribution is -2.37. The number of hydrogen-bond acceptors (Lipinski definition) is 4. The molecule has 1 atom stereocenters. The number of hydrogen-bond donors (Lipinski definition) is 1. The van der Waals surface area contributed by atoms with Crippen LogP contribution in [0.5, 0.6) is 0 Å². The molecule has 0 saturated heterocycles. The highest BCUT2D eigenvalue weighted by molar-refractivity contribution is 5.91. The molecule has 0 spiro atoms. The van der Waals surface area contributed by atoms with Gasteiger partial charge in [-0.05, 0) is 12.5 Å². The van der Waals surface area contributed by atoms with Crippen LogP contribution in [0.2, 0.25) is 0 Å². The summed E-state index contributed by atoms with van der Waals surface area (Å²) in [6, 6.07) is 9.59. The van der Waals surface area contributed by atoms with Crippen LogP contribution in [0.15, 0.2) is 36.5 Å². The Labute approximate surface area is 117 Å². The summed E-state index contributed by atoms with van der Waals surface area (Å²) in [7, 11) is 1.64. The normalized spacial score (nSPS) is 12.2. The van der Waals surface area contributed by atoms with Crippen LogP contribution >= 0.6 is 0 Å². The van der Waals surface area contributed by atoms with Crippen molar-refractivity contribution in [3.05, 3.63) is 47.8 Å². The first-order valence-corrected chi connectivity index (χ1v) is 6.44. The Kier molecular flexibility index (Phi) is 4.47. The lowest BCUT2D eigenvalue weighted by molar-refractivity contribution is 0.0676. The van der Waals surface area contributed by atoms with E-state index in [1.807, 2.05) is 30.3 Å². The third-order valence-electron chi connectivity index (χ3n) is 3.19. The van der Waals surface area contributed by atoms with E-state index in [1.165, 1.54) is 4.90 Å². The van der Waals surface area contributed by atoms with Crippen molar-refractivity contribution in [3.63, 3.8) is 0 Å². The van der Waals surface area contributed by atoms with Crippen molar-refractivity contribution in [1.29, 1.82) is 0 Å². The first-order valence-electron chi connectivity index (χ1n) is 6.44. The summed E-state index contributed by atoms with van der Waals surface area (Å²) in [6.07, 6.45) is 1.62. The van der Waals surface area contributed by atoms with E-state index in [4.69, 9.17) is 5.11 Å². The molecule has 106 valence electrons. The number of aliphatic hydroxyl groups excluding tert-OH is 1. The van der Waals surface area contributed by atoms with Gasteiger partial charge in [0.15, 0.2) is 5.69 Å². The Balaban J connectivity index is 2.07. The fourth-order valence-corrected chi connectivity index (χ4v) is 1.75. The number of carbonyl (C=O) groups excluding carboxylic acids is 1. The van der Waals surface area contributed by atoms with Crippen LogP contribution < -0.4 is 0 Å². The maximum atomic E-state index is 12.1. The van der Waals surface area contributed by atoms with E-state index < -0.39 is 0 Å². The van der Waals surface area contributed by atoms with Gasteiger partial charge < -0.3 is 10.0 Å². The SMILES string of the molecule is CC(CO)N(C)C(=O)c1cn(Cc2ccccc2)nn1. The lowest BCUT2D eigenvalue weighted by atomic mass is 10.2. The molecule has 2 rings (SSSR count). The van der Waals surface area contributed by atoms with Crippen molar-refractivity contribution < 1.29 is 9.90 Å². The number of aromatic nitrogens is 3. The molecule has 0 saturated carbocycles. The molecular weight excluding hydrogens is 256 g/mol. The van der Waals surface area contributed by atoms with Gasteiger partial charge in [-0.15, -0.1) is 5.10 Å². The number of carbonyl (C=O) groups is 1. The molecule has 0 aliphatic rings. The summed E-state index contributed by atoms with van der Waals surface area (Å²) in [5.41, 5.74) is 1.37. The number of benzene rings is 1. The van der Waals surface area contributed by atoms with Crippen LogP contribution in [0.4, 0.5) is 0 Å². The monoisotopic (exact) mass is 274 g/mol. The second-order valence-electron chi connectivity index (χ2n) is 4.73. The molecule has 6 heteroatoms. The van der Waals surface area contributed by atoms with E-state index in [2.05, 4.69) is 10.3 Å². The van der Waals surface area contributed by atoms with Gasteiger partial charge in [-0.1, -0.05) is 35.5 Å². The van der Waals surface area contributed by atoms with Gasteiger partial charge in [0, 0.05) is 7.05 Å². The second kappa shape index (κ2) is 6.29. The summed E-state index contributed by atoms with van der Waals surface area (Å²) < 4.78 is 1.63. The van der Waals surface area contributed by atoms with Gasteiger partial charge in [0.05, 0.1) is 25.4 Å². The van der Waals surface area contributed by atoms with Crippen molar-refractivity contribution in [2.24, 2.45) is 0 Å². The van der Waals surface area contributed by atoms with Crippen molar-refractivity contribution >= 4 is 5.91 Å². The van der Waals surface area contributed by atoms with Crippen molar-refractivity contribution in [2.75, 3.05) is 13.7 Å². The second-order valence-corrected chi connectivity index (χ2v) is 4.73. The maximum absolute atomic E-state index is 12.1. The van der Waals surface area contributed by atoms with Gasteiger partial charge in [0.25, 0.3) is 5.91 Å². The Hall–Kier alpha value is -2.21. The van der Waals surface area contributed by atoms with Gasteiger partial charge in [-0.3, -0.25) is 4.79 Å². The van der Waals surface area contributed by atoms with Crippen LogP contribution in [0.3, 0.4) is 0 Å². The zero-order valence-electron chi connectivity index (χ0n) is 11.6. The number of likely N-dealkylation sites (N-methyl/N-ethyl adjacent to an activating group) is 1. The van der Waals surface area contributed by atoms with Gasteiger partial charge in [0.1, 0.15) is 0 Å². The standard InChI is InChI=1S/C14H18N4O2/c1-11(10-19)17(2)14(20)13-9-18(16-15-13)8-12-6-4-3-5-7-12/h3-7,9,11,19H,8,10H2,1-2H3. The average molecular weight is 274 g/mol. The van der Waals surface area contributed by atoms with E-state index in [0.29, 0.717) is 6.54 Å². The van der Waals surface area contributed by atoms with Crippen LogP contribution in [0.25, 0.3) is 0 Å². The molecule has 2 aromatic rings. The van der Waals surface area contributed by atoms with E-state index >= 15 is 0 Å². The third kappa shape index (κ3) is 3.21. The third-order valence-corrected chi connectivity index (χ3v) is 3.19. The molecule has 1 aromatic carbocycles. The van der Waals surface area contributed by atoms with E-state index in [-0.39, 0.29) is 24.2 Å². The first kappa shape index (κ1) is 14.2. The fraction of sp³-hybridized carbons (Fsp3) is 0.357. The minimum absolute atomic E-state index is 0.0829.